The van der Waals surface area contributed by atoms with Crippen molar-refractivity contribution in [2.24, 2.45) is 5.73 Å². The van der Waals surface area contributed by atoms with E-state index in [1.54, 1.807) is 0 Å². The lowest BCUT2D eigenvalue weighted by molar-refractivity contribution is -0.118. The molecule has 0 aromatic heterocycles. The summed E-state index contributed by atoms with van der Waals surface area (Å²) < 4.78 is 0. The Balaban J connectivity index is 2.28. The number of hydrogen-bond acceptors (Lipinski definition) is 3. The fourth-order valence-corrected chi connectivity index (χ4v) is 1.95. The van der Waals surface area contributed by atoms with Gasteiger partial charge in [-0.15, -0.1) is 0 Å². The highest BCUT2D eigenvalue weighted by Crippen LogP contribution is 2.26. The predicted molar refractivity (Wildman–Crippen MR) is 80.3 cm³/mol. The van der Waals surface area contributed by atoms with E-state index >= 15 is 0 Å². The number of aliphatic hydroxyl groups excluding tert-OH is 1. The summed E-state index contributed by atoms with van der Waals surface area (Å²) in [7, 11) is 0. The van der Waals surface area contributed by atoms with Crippen LogP contribution in [0.15, 0.2) is 48.5 Å². The van der Waals surface area contributed by atoms with Crippen molar-refractivity contribution < 1.29 is 9.90 Å². The molecule has 0 fully saturated rings. The Bertz CT molecular complexity index is 597. The van der Waals surface area contributed by atoms with Crippen molar-refractivity contribution in [1.29, 1.82) is 0 Å². The quantitative estimate of drug-likeness (QED) is 0.794. The summed E-state index contributed by atoms with van der Waals surface area (Å²) in [6.07, 6.45) is 0. The SMILES string of the molecule is Cc1ccc(NC(=O)C(N)CO)cc1-c1ccccc1. The van der Waals surface area contributed by atoms with Gasteiger partial charge < -0.3 is 16.2 Å². The minimum absolute atomic E-state index is 0.372. The number of hydrogen-bond donors (Lipinski definition) is 3. The van der Waals surface area contributed by atoms with Gasteiger partial charge in [0.25, 0.3) is 0 Å². The Kier molecular flexibility index (Phi) is 4.50. The zero-order valence-electron chi connectivity index (χ0n) is 11.3. The van der Waals surface area contributed by atoms with E-state index in [9.17, 15) is 4.79 Å². The van der Waals surface area contributed by atoms with E-state index in [1.807, 2.05) is 55.5 Å². The highest BCUT2D eigenvalue weighted by molar-refractivity contribution is 5.95. The number of anilines is 1. The standard InChI is InChI=1S/C16H18N2O2/c1-11-7-8-13(18-16(20)15(17)10-19)9-14(11)12-5-3-2-4-6-12/h2-9,15,19H,10,17H2,1H3,(H,18,20). The van der Waals surface area contributed by atoms with Crippen LogP contribution < -0.4 is 11.1 Å². The van der Waals surface area contributed by atoms with Crippen LogP contribution in [0.4, 0.5) is 5.69 Å². The van der Waals surface area contributed by atoms with Crippen molar-refractivity contribution in [3.8, 4) is 11.1 Å². The molecule has 0 saturated heterocycles. The first-order valence-electron chi connectivity index (χ1n) is 6.45. The second-order valence-electron chi connectivity index (χ2n) is 4.67. The number of nitrogens with one attached hydrogen (secondary N) is 1. The van der Waals surface area contributed by atoms with Crippen LogP contribution in [-0.4, -0.2) is 23.7 Å². The molecule has 0 saturated carbocycles. The molecule has 0 aliphatic heterocycles. The molecule has 2 rings (SSSR count). The minimum atomic E-state index is -0.906. The average Bonchev–Trinajstić information content (AvgIpc) is 2.49. The van der Waals surface area contributed by atoms with Crippen LogP contribution in [0.1, 0.15) is 5.56 Å². The number of nitrogens with two attached hydrogens (primary N) is 1. The maximum Gasteiger partial charge on any atom is 0.243 e. The van der Waals surface area contributed by atoms with Crippen molar-refractivity contribution in [2.75, 3.05) is 11.9 Å². The Morgan fingerprint density at radius 2 is 1.95 bits per heavy atom. The Labute approximate surface area is 118 Å². The van der Waals surface area contributed by atoms with Crippen molar-refractivity contribution >= 4 is 11.6 Å². The molecule has 104 valence electrons. The number of aryl methyl sites for hydroxylation is 1. The van der Waals surface area contributed by atoms with E-state index in [0.29, 0.717) is 5.69 Å². The summed E-state index contributed by atoms with van der Waals surface area (Å²) in [5.74, 6) is -0.393. The summed E-state index contributed by atoms with van der Waals surface area (Å²) in [6.45, 7) is 1.65. The van der Waals surface area contributed by atoms with Crippen LogP contribution in [-0.2, 0) is 4.79 Å². The van der Waals surface area contributed by atoms with Gasteiger partial charge in [-0.25, -0.2) is 0 Å². The predicted octanol–water partition coefficient (Wildman–Crippen LogP) is 1.92. The van der Waals surface area contributed by atoms with Gasteiger partial charge in [-0.1, -0.05) is 36.4 Å². The van der Waals surface area contributed by atoms with Gasteiger partial charge in [0.15, 0.2) is 0 Å². The number of amides is 1. The van der Waals surface area contributed by atoms with Crippen molar-refractivity contribution in [3.63, 3.8) is 0 Å². The monoisotopic (exact) mass is 270 g/mol. The van der Waals surface area contributed by atoms with Gasteiger partial charge >= 0.3 is 0 Å². The van der Waals surface area contributed by atoms with Crippen LogP contribution in [0.5, 0.6) is 0 Å². The average molecular weight is 270 g/mol. The fraction of sp³-hybridized carbons (Fsp3) is 0.188. The van der Waals surface area contributed by atoms with Gasteiger partial charge in [-0.05, 0) is 35.7 Å². The molecule has 0 heterocycles. The topological polar surface area (TPSA) is 75.4 Å². The summed E-state index contributed by atoms with van der Waals surface area (Å²) in [4.78, 5) is 11.7. The Morgan fingerprint density at radius 1 is 1.25 bits per heavy atom. The van der Waals surface area contributed by atoms with Gasteiger partial charge in [0, 0.05) is 5.69 Å². The summed E-state index contributed by atoms with van der Waals surface area (Å²) in [5.41, 5.74) is 9.42. The molecule has 4 N–H and O–H groups in total. The summed E-state index contributed by atoms with van der Waals surface area (Å²) >= 11 is 0. The van der Waals surface area contributed by atoms with E-state index in [2.05, 4.69) is 5.32 Å². The molecule has 4 heteroatoms. The first-order chi connectivity index (χ1) is 9.61. The lowest BCUT2D eigenvalue weighted by Crippen LogP contribution is -2.38. The molecule has 1 amide bonds. The first-order valence-corrected chi connectivity index (χ1v) is 6.45. The van der Waals surface area contributed by atoms with Crippen LogP contribution in [0.25, 0.3) is 11.1 Å². The first kappa shape index (κ1) is 14.2. The zero-order valence-corrected chi connectivity index (χ0v) is 11.3. The number of benzene rings is 2. The van der Waals surface area contributed by atoms with Crippen LogP contribution >= 0.6 is 0 Å². The van der Waals surface area contributed by atoms with E-state index < -0.39 is 11.9 Å². The van der Waals surface area contributed by atoms with Crippen molar-refractivity contribution in [3.05, 3.63) is 54.1 Å². The molecule has 1 atom stereocenters. The molecular weight excluding hydrogens is 252 g/mol. The third kappa shape index (κ3) is 3.23. The lowest BCUT2D eigenvalue weighted by atomic mass is 10.00. The molecular formula is C16H18N2O2. The second-order valence-corrected chi connectivity index (χ2v) is 4.67. The van der Waals surface area contributed by atoms with Crippen LogP contribution in [0.2, 0.25) is 0 Å². The molecule has 0 aliphatic rings. The molecule has 1 unspecified atom stereocenters. The Morgan fingerprint density at radius 3 is 2.60 bits per heavy atom. The largest absolute Gasteiger partial charge is 0.394 e. The molecule has 0 bridgehead atoms. The zero-order chi connectivity index (χ0) is 14.5. The molecule has 0 radical (unpaired) electrons. The molecule has 20 heavy (non-hydrogen) atoms. The Hall–Kier alpha value is -2.17. The van der Waals surface area contributed by atoms with Gasteiger partial charge in [-0.3, -0.25) is 4.79 Å². The summed E-state index contributed by atoms with van der Waals surface area (Å²) in [6, 6.07) is 14.7. The number of carbonyl (C=O) groups is 1. The van der Waals surface area contributed by atoms with E-state index in [0.717, 1.165) is 16.7 Å². The highest BCUT2D eigenvalue weighted by Gasteiger charge is 2.12. The van der Waals surface area contributed by atoms with E-state index in [-0.39, 0.29) is 6.61 Å². The normalized spacial score (nSPS) is 11.9. The molecule has 2 aromatic rings. The number of carbonyl (C=O) groups excluding carboxylic acids is 1. The number of rotatable bonds is 4. The van der Waals surface area contributed by atoms with Gasteiger partial charge in [0.1, 0.15) is 6.04 Å². The van der Waals surface area contributed by atoms with Gasteiger partial charge in [-0.2, -0.15) is 0 Å². The fourth-order valence-electron chi connectivity index (χ4n) is 1.95. The lowest BCUT2D eigenvalue weighted by Gasteiger charge is -2.12. The highest BCUT2D eigenvalue weighted by atomic mass is 16.3. The third-order valence-corrected chi connectivity index (χ3v) is 3.12. The van der Waals surface area contributed by atoms with Gasteiger partial charge in [0.05, 0.1) is 6.61 Å². The minimum Gasteiger partial charge on any atom is -0.394 e. The van der Waals surface area contributed by atoms with Crippen LogP contribution in [0.3, 0.4) is 0 Å². The van der Waals surface area contributed by atoms with Gasteiger partial charge in [0.2, 0.25) is 5.91 Å². The van der Waals surface area contributed by atoms with E-state index in [1.165, 1.54) is 0 Å². The third-order valence-electron chi connectivity index (χ3n) is 3.12. The van der Waals surface area contributed by atoms with Crippen molar-refractivity contribution in [2.45, 2.75) is 13.0 Å². The number of aliphatic hydroxyl groups is 1. The maximum absolute atomic E-state index is 11.7. The molecule has 4 nitrogen and oxygen atoms in total. The molecule has 2 aromatic carbocycles. The molecule has 0 aliphatic carbocycles. The van der Waals surface area contributed by atoms with Crippen molar-refractivity contribution in [1.82, 2.24) is 0 Å². The second kappa shape index (κ2) is 6.32. The summed E-state index contributed by atoms with van der Waals surface area (Å²) in [5, 5.41) is 11.6. The maximum atomic E-state index is 11.7. The van der Waals surface area contributed by atoms with E-state index in [4.69, 9.17) is 10.8 Å². The van der Waals surface area contributed by atoms with Crippen LogP contribution in [0, 0.1) is 6.92 Å². The smallest absolute Gasteiger partial charge is 0.243 e. The molecule has 0 spiro atoms.